The van der Waals surface area contributed by atoms with Gasteiger partial charge in [-0.2, -0.15) is 5.10 Å². The van der Waals surface area contributed by atoms with Crippen LogP contribution in [-0.4, -0.2) is 22.1 Å². The van der Waals surface area contributed by atoms with Crippen LogP contribution in [0.5, 0.6) is 0 Å². The Hall–Kier alpha value is -1.49. The van der Waals surface area contributed by atoms with Gasteiger partial charge in [0.25, 0.3) is 0 Å². The van der Waals surface area contributed by atoms with Gasteiger partial charge in [-0.05, 0) is 31.9 Å². The van der Waals surface area contributed by atoms with Gasteiger partial charge in [0.15, 0.2) is 5.82 Å². The highest BCUT2D eigenvalue weighted by Crippen LogP contribution is 2.11. The lowest BCUT2D eigenvalue weighted by molar-refractivity contribution is -0.119. The predicted molar refractivity (Wildman–Crippen MR) is 67.3 cm³/mol. The van der Waals surface area contributed by atoms with Gasteiger partial charge < -0.3 is 11.1 Å². The largest absolute Gasteiger partial charge is 0.328 e. The Bertz CT molecular complexity index is 340. The molecular formula is C12H20N4O. The fourth-order valence-corrected chi connectivity index (χ4v) is 1.49. The van der Waals surface area contributed by atoms with Crippen LogP contribution in [-0.2, 0) is 4.79 Å². The molecule has 0 aromatic carbocycles. The Morgan fingerprint density at radius 3 is 2.82 bits per heavy atom. The molecule has 1 aromatic heterocycles. The molecule has 0 radical (unpaired) electrons. The molecule has 2 atom stereocenters. The fraction of sp³-hybridized carbons (Fsp3) is 0.583. The summed E-state index contributed by atoms with van der Waals surface area (Å²) in [7, 11) is 0. The van der Waals surface area contributed by atoms with Gasteiger partial charge in [0.05, 0.1) is 0 Å². The number of carbonyl (C=O) groups excluding carboxylic acids is 1. The zero-order chi connectivity index (χ0) is 12.7. The minimum Gasteiger partial charge on any atom is -0.328 e. The molecule has 1 amide bonds. The van der Waals surface area contributed by atoms with E-state index < -0.39 is 0 Å². The molecule has 1 rings (SSSR count). The second kappa shape index (κ2) is 6.96. The molecule has 0 saturated carbocycles. The summed E-state index contributed by atoms with van der Waals surface area (Å²) in [6, 6.07) is 3.66. The first-order chi connectivity index (χ1) is 8.09. The summed E-state index contributed by atoms with van der Waals surface area (Å²) in [5.41, 5.74) is 5.66. The van der Waals surface area contributed by atoms with E-state index in [4.69, 9.17) is 5.73 Å². The summed E-state index contributed by atoms with van der Waals surface area (Å²) >= 11 is 0. The Kier molecular flexibility index (Phi) is 5.56. The monoisotopic (exact) mass is 236 g/mol. The molecular weight excluding hydrogens is 216 g/mol. The number of hydrogen-bond acceptors (Lipinski definition) is 4. The fourth-order valence-electron chi connectivity index (χ4n) is 1.49. The first kappa shape index (κ1) is 13.6. The van der Waals surface area contributed by atoms with E-state index in [0.717, 1.165) is 19.3 Å². The van der Waals surface area contributed by atoms with E-state index in [1.165, 1.54) is 0 Å². The second-order valence-corrected chi connectivity index (χ2v) is 4.41. The van der Waals surface area contributed by atoms with Crippen molar-refractivity contribution >= 4 is 11.7 Å². The number of nitrogens with two attached hydrogens (primary N) is 1. The third kappa shape index (κ3) is 5.40. The minimum absolute atomic E-state index is 0.0184. The smallest absolute Gasteiger partial charge is 0.228 e. The third-order valence-corrected chi connectivity index (χ3v) is 2.57. The molecule has 3 N–H and O–H groups in total. The lowest BCUT2D eigenvalue weighted by Gasteiger charge is -2.12. The molecule has 17 heavy (non-hydrogen) atoms. The summed E-state index contributed by atoms with van der Waals surface area (Å²) in [5, 5.41) is 10.2. The molecule has 5 nitrogen and oxygen atoms in total. The van der Waals surface area contributed by atoms with Crippen LogP contribution in [0.15, 0.2) is 18.3 Å². The minimum atomic E-state index is -0.0317. The zero-order valence-corrected chi connectivity index (χ0v) is 10.4. The molecule has 1 heterocycles. The van der Waals surface area contributed by atoms with Crippen molar-refractivity contribution in [3.63, 3.8) is 0 Å². The summed E-state index contributed by atoms with van der Waals surface area (Å²) in [5.74, 6) is 0.447. The van der Waals surface area contributed by atoms with Crippen LogP contribution in [0.1, 0.15) is 33.1 Å². The van der Waals surface area contributed by atoms with Gasteiger partial charge in [0.1, 0.15) is 0 Å². The lowest BCUT2D eigenvalue weighted by Crippen LogP contribution is -2.22. The highest BCUT2D eigenvalue weighted by molar-refractivity contribution is 5.91. The van der Waals surface area contributed by atoms with Gasteiger partial charge in [-0.3, -0.25) is 4.79 Å². The van der Waals surface area contributed by atoms with Gasteiger partial charge in [0, 0.05) is 18.2 Å². The van der Waals surface area contributed by atoms with Crippen LogP contribution in [0.3, 0.4) is 0 Å². The van der Waals surface area contributed by atoms with E-state index in [9.17, 15) is 4.79 Å². The van der Waals surface area contributed by atoms with E-state index in [-0.39, 0.29) is 17.9 Å². The summed E-state index contributed by atoms with van der Waals surface area (Å²) in [6.45, 7) is 3.89. The standard InChI is InChI=1S/C12H20N4O/c1-9(5-3-6-10(2)13)12(17)15-11-7-4-8-14-16-11/h4,7-10H,3,5-6,13H2,1-2H3,(H,15,16,17). The highest BCUT2D eigenvalue weighted by Gasteiger charge is 2.13. The maximum absolute atomic E-state index is 11.8. The van der Waals surface area contributed by atoms with Gasteiger partial charge in [-0.1, -0.05) is 13.3 Å². The number of aromatic nitrogens is 2. The molecule has 0 aliphatic carbocycles. The van der Waals surface area contributed by atoms with Gasteiger partial charge in [-0.25, -0.2) is 0 Å². The number of amides is 1. The molecule has 1 aromatic rings. The van der Waals surface area contributed by atoms with E-state index in [2.05, 4.69) is 15.5 Å². The topological polar surface area (TPSA) is 80.9 Å². The molecule has 94 valence electrons. The molecule has 0 saturated heterocycles. The first-order valence-electron chi connectivity index (χ1n) is 5.93. The number of carbonyl (C=O) groups is 1. The third-order valence-electron chi connectivity index (χ3n) is 2.57. The van der Waals surface area contributed by atoms with Crippen molar-refractivity contribution in [1.29, 1.82) is 0 Å². The summed E-state index contributed by atoms with van der Waals surface area (Å²) in [4.78, 5) is 11.8. The molecule has 2 unspecified atom stereocenters. The van der Waals surface area contributed by atoms with Crippen molar-refractivity contribution in [3.8, 4) is 0 Å². The summed E-state index contributed by atoms with van der Waals surface area (Å²) in [6.07, 6.45) is 4.32. The van der Waals surface area contributed by atoms with Crippen LogP contribution >= 0.6 is 0 Å². The van der Waals surface area contributed by atoms with Crippen molar-refractivity contribution in [2.45, 2.75) is 39.2 Å². The van der Waals surface area contributed by atoms with E-state index in [1.54, 1.807) is 18.3 Å². The molecule has 5 heteroatoms. The van der Waals surface area contributed by atoms with Gasteiger partial charge in [-0.15, -0.1) is 5.10 Å². The second-order valence-electron chi connectivity index (χ2n) is 4.41. The van der Waals surface area contributed by atoms with Crippen molar-refractivity contribution in [3.05, 3.63) is 18.3 Å². The molecule has 0 aliphatic rings. The average Bonchev–Trinajstić information content (AvgIpc) is 2.29. The number of nitrogens with zero attached hydrogens (tertiary/aromatic N) is 2. The van der Waals surface area contributed by atoms with Crippen LogP contribution in [0, 0.1) is 5.92 Å². The van der Waals surface area contributed by atoms with Crippen molar-refractivity contribution in [2.24, 2.45) is 11.7 Å². The van der Waals surface area contributed by atoms with Crippen molar-refractivity contribution in [1.82, 2.24) is 10.2 Å². The Labute approximate surface area is 102 Å². The predicted octanol–water partition coefficient (Wildman–Crippen LogP) is 1.57. The summed E-state index contributed by atoms with van der Waals surface area (Å²) < 4.78 is 0. The van der Waals surface area contributed by atoms with Crippen LogP contribution in [0.25, 0.3) is 0 Å². The quantitative estimate of drug-likeness (QED) is 0.785. The normalized spacial score (nSPS) is 14.1. The number of rotatable bonds is 6. The van der Waals surface area contributed by atoms with Crippen molar-refractivity contribution in [2.75, 3.05) is 5.32 Å². The lowest BCUT2D eigenvalue weighted by atomic mass is 10.0. The number of nitrogens with one attached hydrogen (secondary N) is 1. The van der Waals surface area contributed by atoms with Crippen LogP contribution in [0.2, 0.25) is 0 Å². The molecule has 0 aliphatic heterocycles. The van der Waals surface area contributed by atoms with Gasteiger partial charge >= 0.3 is 0 Å². The van der Waals surface area contributed by atoms with E-state index in [0.29, 0.717) is 5.82 Å². The van der Waals surface area contributed by atoms with E-state index in [1.807, 2.05) is 13.8 Å². The maximum atomic E-state index is 11.8. The average molecular weight is 236 g/mol. The van der Waals surface area contributed by atoms with Gasteiger partial charge in [0.2, 0.25) is 5.91 Å². The van der Waals surface area contributed by atoms with Crippen LogP contribution < -0.4 is 11.1 Å². The first-order valence-corrected chi connectivity index (χ1v) is 5.93. The van der Waals surface area contributed by atoms with E-state index >= 15 is 0 Å². The SMILES string of the molecule is CC(N)CCCC(C)C(=O)Nc1cccnn1. The highest BCUT2D eigenvalue weighted by atomic mass is 16.1. The molecule has 0 bridgehead atoms. The Morgan fingerprint density at radius 1 is 1.47 bits per heavy atom. The Balaban J connectivity index is 2.32. The van der Waals surface area contributed by atoms with Crippen LogP contribution in [0.4, 0.5) is 5.82 Å². The van der Waals surface area contributed by atoms with Crippen molar-refractivity contribution < 1.29 is 4.79 Å². The number of hydrogen-bond donors (Lipinski definition) is 2. The Morgan fingerprint density at radius 2 is 2.24 bits per heavy atom. The maximum Gasteiger partial charge on any atom is 0.228 e. The zero-order valence-electron chi connectivity index (χ0n) is 10.4. The molecule has 0 spiro atoms. The number of anilines is 1. The molecule has 0 fully saturated rings.